The van der Waals surface area contributed by atoms with E-state index in [4.69, 9.17) is 10.8 Å². The lowest BCUT2D eigenvalue weighted by molar-refractivity contribution is -0.144. The molecule has 0 saturated carbocycles. The molecule has 1 rings (SSSR count). The van der Waals surface area contributed by atoms with E-state index in [2.05, 4.69) is 4.74 Å². The van der Waals surface area contributed by atoms with Gasteiger partial charge in [-0.05, 0) is 12.1 Å². The number of aliphatic carboxylic acids is 1. The summed E-state index contributed by atoms with van der Waals surface area (Å²) in [5, 5.41) is 8.36. The van der Waals surface area contributed by atoms with Gasteiger partial charge in [-0.2, -0.15) is 0 Å². The number of carboxylic acid groups (broad SMARTS) is 1. The third kappa shape index (κ3) is 2.41. The van der Waals surface area contributed by atoms with Crippen LogP contribution in [-0.2, 0) is 4.79 Å². The van der Waals surface area contributed by atoms with Crippen molar-refractivity contribution in [2.45, 2.75) is 6.23 Å². The Labute approximate surface area is 73.7 Å². The molecule has 5 heteroatoms. The molecule has 1 aromatic rings. The van der Waals surface area contributed by atoms with Crippen LogP contribution in [0.15, 0.2) is 24.3 Å². The number of hydrogen-bond acceptors (Lipinski definition) is 3. The highest BCUT2D eigenvalue weighted by Crippen LogP contribution is 2.15. The Morgan fingerprint density at radius 2 is 2.15 bits per heavy atom. The molecule has 0 spiro atoms. The molecule has 0 radical (unpaired) electrons. The Morgan fingerprint density at radius 1 is 1.54 bits per heavy atom. The Bertz CT molecular complexity index is 316. The minimum Gasteiger partial charge on any atom is -0.477 e. The van der Waals surface area contributed by atoms with Crippen LogP contribution in [0.5, 0.6) is 5.75 Å². The molecular weight excluding hydrogens is 177 g/mol. The second kappa shape index (κ2) is 3.86. The van der Waals surface area contributed by atoms with Crippen LogP contribution in [0.1, 0.15) is 0 Å². The van der Waals surface area contributed by atoms with Gasteiger partial charge in [0.1, 0.15) is 0 Å². The van der Waals surface area contributed by atoms with Crippen molar-refractivity contribution in [1.29, 1.82) is 0 Å². The molecule has 0 aliphatic rings. The largest absolute Gasteiger partial charge is 0.477 e. The highest BCUT2D eigenvalue weighted by Gasteiger charge is 2.14. The lowest BCUT2D eigenvalue weighted by atomic mass is 10.3. The van der Waals surface area contributed by atoms with Gasteiger partial charge < -0.3 is 9.84 Å². The Balaban J connectivity index is 2.74. The molecule has 13 heavy (non-hydrogen) atoms. The summed E-state index contributed by atoms with van der Waals surface area (Å²) < 4.78 is 17.4. The minimum absolute atomic E-state index is 0.169. The fourth-order valence-electron chi connectivity index (χ4n) is 0.728. The van der Waals surface area contributed by atoms with Gasteiger partial charge >= 0.3 is 5.97 Å². The van der Waals surface area contributed by atoms with Gasteiger partial charge in [0.2, 0.25) is 6.23 Å². The Hall–Kier alpha value is -1.62. The molecule has 0 saturated heterocycles. The van der Waals surface area contributed by atoms with Crippen molar-refractivity contribution in [2.24, 2.45) is 5.73 Å². The van der Waals surface area contributed by atoms with Crippen LogP contribution in [0.4, 0.5) is 4.39 Å². The number of nitrogens with two attached hydrogens (primary N) is 1. The zero-order valence-electron chi connectivity index (χ0n) is 6.61. The number of hydrogen-bond donors (Lipinski definition) is 2. The van der Waals surface area contributed by atoms with Crippen molar-refractivity contribution in [1.82, 2.24) is 0 Å². The second-order valence-corrected chi connectivity index (χ2v) is 2.31. The number of carboxylic acids is 1. The van der Waals surface area contributed by atoms with Crippen LogP contribution in [-0.4, -0.2) is 17.3 Å². The van der Waals surface area contributed by atoms with Crippen LogP contribution >= 0.6 is 0 Å². The molecule has 0 bridgehead atoms. The van der Waals surface area contributed by atoms with Crippen molar-refractivity contribution >= 4 is 5.97 Å². The van der Waals surface area contributed by atoms with Gasteiger partial charge in [0, 0.05) is 0 Å². The summed E-state index contributed by atoms with van der Waals surface area (Å²) in [5.41, 5.74) is 5.03. The molecule has 4 nitrogen and oxygen atoms in total. The average Bonchev–Trinajstić information content (AvgIpc) is 2.08. The number of para-hydroxylation sites is 1. The van der Waals surface area contributed by atoms with E-state index < -0.39 is 18.0 Å². The van der Waals surface area contributed by atoms with Crippen molar-refractivity contribution in [2.75, 3.05) is 0 Å². The third-order valence-electron chi connectivity index (χ3n) is 1.33. The van der Waals surface area contributed by atoms with Crippen LogP contribution < -0.4 is 10.5 Å². The summed E-state index contributed by atoms with van der Waals surface area (Å²) in [6, 6.07) is 5.45. The molecule has 0 aromatic heterocycles. The van der Waals surface area contributed by atoms with Crippen molar-refractivity contribution in [3.8, 4) is 5.75 Å². The highest BCUT2D eigenvalue weighted by molar-refractivity contribution is 5.71. The molecule has 0 amide bonds. The molecule has 1 unspecified atom stereocenters. The number of benzene rings is 1. The van der Waals surface area contributed by atoms with Gasteiger partial charge in [0.25, 0.3) is 0 Å². The van der Waals surface area contributed by atoms with E-state index in [1.165, 1.54) is 18.2 Å². The molecule has 1 atom stereocenters. The SMILES string of the molecule is NC(Oc1ccccc1F)C(=O)O. The molecule has 0 heterocycles. The summed E-state index contributed by atoms with van der Waals surface area (Å²) in [6.07, 6.45) is -1.54. The van der Waals surface area contributed by atoms with E-state index in [1.54, 1.807) is 0 Å². The highest BCUT2D eigenvalue weighted by atomic mass is 19.1. The van der Waals surface area contributed by atoms with Crippen molar-refractivity contribution in [3.05, 3.63) is 30.1 Å². The van der Waals surface area contributed by atoms with Gasteiger partial charge in [-0.25, -0.2) is 9.18 Å². The first-order chi connectivity index (χ1) is 6.11. The van der Waals surface area contributed by atoms with Gasteiger partial charge in [0.15, 0.2) is 11.6 Å². The monoisotopic (exact) mass is 185 g/mol. The molecule has 1 aromatic carbocycles. The van der Waals surface area contributed by atoms with E-state index in [1.807, 2.05) is 0 Å². The quantitative estimate of drug-likeness (QED) is 0.675. The Kier molecular flexibility index (Phi) is 2.81. The fourth-order valence-corrected chi connectivity index (χ4v) is 0.728. The van der Waals surface area contributed by atoms with Crippen LogP contribution in [0.3, 0.4) is 0 Å². The summed E-state index contributed by atoms with van der Waals surface area (Å²) in [6.45, 7) is 0. The molecular formula is C8H8FNO3. The minimum atomic E-state index is -1.54. The number of ether oxygens (including phenoxy) is 1. The lowest BCUT2D eigenvalue weighted by Gasteiger charge is -2.09. The average molecular weight is 185 g/mol. The van der Waals surface area contributed by atoms with E-state index in [-0.39, 0.29) is 5.75 Å². The fraction of sp³-hybridized carbons (Fsp3) is 0.125. The standard InChI is InChI=1S/C8H8FNO3/c9-5-3-1-2-4-6(5)13-7(10)8(11)12/h1-4,7H,10H2,(H,11,12). The van der Waals surface area contributed by atoms with E-state index in [0.29, 0.717) is 0 Å². The van der Waals surface area contributed by atoms with Gasteiger partial charge in [-0.1, -0.05) is 12.1 Å². The van der Waals surface area contributed by atoms with Gasteiger partial charge in [-0.3, -0.25) is 5.73 Å². The molecule has 3 N–H and O–H groups in total. The predicted molar refractivity (Wildman–Crippen MR) is 42.6 cm³/mol. The molecule has 0 fully saturated rings. The van der Waals surface area contributed by atoms with E-state index >= 15 is 0 Å². The van der Waals surface area contributed by atoms with Crippen LogP contribution in [0, 0.1) is 5.82 Å². The maximum absolute atomic E-state index is 12.8. The zero-order chi connectivity index (χ0) is 9.84. The normalized spacial score (nSPS) is 12.2. The lowest BCUT2D eigenvalue weighted by Crippen LogP contribution is -2.36. The maximum atomic E-state index is 12.8. The first-order valence-electron chi connectivity index (χ1n) is 3.51. The van der Waals surface area contributed by atoms with Crippen LogP contribution in [0.25, 0.3) is 0 Å². The first-order valence-corrected chi connectivity index (χ1v) is 3.51. The number of rotatable bonds is 3. The first kappa shape index (κ1) is 9.47. The molecule has 0 aliphatic carbocycles. The maximum Gasteiger partial charge on any atom is 0.360 e. The zero-order valence-corrected chi connectivity index (χ0v) is 6.61. The molecule has 0 aliphatic heterocycles. The summed E-state index contributed by atoms with van der Waals surface area (Å²) >= 11 is 0. The number of halogens is 1. The second-order valence-electron chi connectivity index (χ2n) is 2.31. The smallest absolute Gasteiger partial charge is 0.360 e. The van der Waals surface area contributed by atoms with Crippen molar-refractivity contribution in [3.63, 3.8) is 0 Å². The summed E-state index contributed by atoms with van der Waals surface area (Å²) in [4.78, 5) is 10.2. The summed E-state index contributed by atoms with van der Waals surface area (Å²) in [7, 11) is 0. The van der Waals surface area contributed by atoms with E-state index in [0.717, 1.165) is 6.07 Å². The van der Waals surface area contributed by atoms with Gasteiger partial charge in [0.05, 0.1) is 0 Å². The van der Waals surface area contributed by atoms with Gasteiger partial charge in [-0.15, -0.1) is 0 Å². The predicted octanol–water partition coefficient (Wildman–Crippen LogP) is 0.574. The Morgan fingerprint density at radius 3 is 2.69 bits per heavy atom. The number of carbonyl (C=O) groups is 1. The topological polar surface area (TPSA) is 72.5 Å². The third-order valence-corrected chi connectivity index (χ3v) is 1.33. The summed E-state index contributed by atoms with van der Waals surface area (Å²) in [5.74, 6) is -2.15. The molecule has 70 valence electrons. The van der Waals surface area contributed by atoms with Crippen LogP contribution in [0.2, 0.25) is 0 Å². The van der Waals surface area contributed by atoms with Crippen molar-refractivity contribution < 1.29 is 19.0 Å². The van der Waals surface area contributed by atoms with E-state index in [9.17, 15) is 9.18 Å².